The van der Waals surface area contributed by atoms with E-state index in [0.717, 1.165) is 31.7 Å². The molecule has 1 unspecified atom stereocenters. The SMILES string of the molecule is CC(C)n1nccc1C(=O)NC(C(=O)Nc1ccc(CC(=O)N(CCNC(=O)OC(C)(C)C)CC(F)(F)F)cc1F)C(C1CC1)C1CC1. The number of halogens is 4. The van der Waals surface area contributed by atoms with Gasteiger partial charge >= 0.3 is 12.3 Å². The van der Waals surface area contributed by atoms with Crippen LogP contribution in [-0.2, 0) is 20.7 Å². The van der Waals surface area contributed by atoms with Crippen LogP contribution in [0, 0.1) is 23.6 Å². The minimum absolute atomic E-state index is 0.0865. The molecular formula is C33H44F4N6O5. The maximum absolute atomic E-state index is 15.3. The van der Waals surface area contributed by atoms with Gasteiger partial charge in [0, 0.05) is 25.3 Å². The number of ether oxygens (including phenoxy) is 1. The maximum Gasteiger partial charge on any atom is 0.407 e. The van der Waals surface area contributed by atoms with Crippen molar-refractivity contribution in [2.75, 3.05) is 25.0 Å². The lowest BCUT2D eigenvalue weighted by Gasteiger charge is -2.28. The van der Waals surface area contributed by atoms with Crippen LogP contribution in [0.1, 0.15) is 82.4 Å². The van der Waals surface area contributed by atoms with Gasteiger partial charge < -0.3 is 25.6 Å². The molecule has 2 aromatic rings. The molecule has 48 heavy (non-hydrogen) atoms. The summed E-state index contributed by atoms with van der Waals surface area (Å²) in [4.78, 5) is 52.3. The van der Waals surface area contributed by atoms with E-state index in [4.69, 9.17) is 4.74 Å². The summed E-state index contributed by atoms with van der Waals surface area (Å²) in [6.07, 6.45) is -0.857. The normalized spacial score (nSPS) is 15.6. The van der Waals surface area contributed by atoms with Crippen molar-refractivity contribution in [2.45, 2.75) is 90.6 Å². The number of amides is 4. The summed E-state index contributed by atoms with van der Waals surface area (Å²) in [6, 6.07) is 4.11. The first-order chi connectivity index (χ1) is 22.4. The van der Waals surface area contributed by atoms with Crippen LogP contribution in [0.3, 0.4) is 0 Å². The van der Waals surface area contributed by atoms with Gasteiger partial charge in [-0.1, -0.05) is 6.07 Å². The Labute approximate surface area is 277 Å². The van der Waals surface area contributed by atoms with Crippen molar-refractivity contribution in [3.63, 3.8) is 0 Å². The minimum atomic E-state index is -4.71. The monoisotopic (exact) mass is 680 g/mol. The number of hydrogen-bond donors (Lipinski definition) is 3. The molecule has 1 aromatic carbocycles. The Morgan fingerprint density at radius 1 is 1.04 bits per heavy atom. The molecule has 3 N–H and O–H groups in total. The fourth-order valence-electron chi connectivity index (χ4n) is 5.73. The summed E-state index contributed by atoms with van der Waals surface area (Å²) in [5.41, 5.74) is -0.622. The number of alkyl carbamates (subject to hydrolysis) is 1. The fraction of sp³-hybridized carbons (Fsp3) is 0.606. The predicted octanol–water partition coefficient (Wildman–Crippen LogP) is 5.23. The van der Waals surface area contributed by atoms with Crippen molar-refractivity contribution in [3.05, 3.63) is 47.5 Å². The topological polar surface area (TPSA) is 135 Å². The highest BCUT2D eigenvalue weighted by Gasteiger charge is 2.48. The number of benzene rings is 1. The lowest BCUT2D eigenvalue weighted by atomic mass is 9.88. The number of anilines is 1. The van der Waals surface area contributed by atoms with Gasteiger partial charge in [0.25, 0.3) is 5.91 Å². The van der Waals surface area contributed by atoms with E-state index in [1.54, 1.807) is 31.5 Å². The van der Waals surface area contributed by atoms with Gasteiger partial charge in [-0.15, -0.1) is 0 Å². The van der Waals surface area contributed by atoms with Gasteiger partial charge in [-0.25, -0.2) is 9.18 Å². The lowest BCUT2D eigenvalue weighted by molar-refractivity contribution is -0.160. The van der Waals surface area contributed by atoms with Crippen molar-refractivity contribution < 1.29 is 41.5 Å². The molecule has 1 atom stereocenters. The number of nitrogens with zero attached hydrogens (tertiary/aromatic N) is 3. The quantitative estimate of drug-likeness (QED) is 0.234. The average molecular weight is 681 g/mol. The Kier molecular flexibility index (Phi) is 11.4. The average Bonchev–Trinajstić information content (AvgIpc) is 3.91. The Hall–Kier alpha value is -4.17. The van der Waals surface area contributed by atoms with E-state index in [-0.39, 0.29) is 41.6 Å². The Balaban J connectivity index is 1.44. The third-order valence-electron chi connectivity index (χ3n) is 8.10. The zero-order chi connectivity index (χ0) is 35.4. The molecule has 264 valence electrons. The summed E-state index contributed by atoms with van der Waals surface area (Å²) in [7, 11) is 0. The van der Waals surface area contributed by atoms with E-state index in [9.17, 15) is 32.3 Å². The van der Waals surface area contributed by atoms with Crippen molar-refractivity contribution in [1.82, 2.24) is 25.3 Å². The second-order valence-corrected chi connectivity index (χ2v) is 13.8. The molecule has 0 bridgehead atoms. The third kappa shape index (κ3) is 10.7. The first-order valence-corrected chi connectivity index (χ1v) is 16.2. The summed E-state index contributed by atoms with van der Waals surface area (Å²) in [5.74, 6) is -2.46. The molecule has 0 spiro atoms. The number of aromatic nitrogens is 2. The standard InChI is InChI=1S/C33H44F4N6O5/c1-19(2)43-25(12-13-39-43)29(45)41-28(27(21-7-8-21)22-9-10-22)30(46)40-24-11-6-20(16-23(24)34)17-26(44)42(18-33(35,36)37)15-14-38-31(47)48-32(3,4)5/h6,11-13,16,19,21-22,27-28H,7-10,14-15,17-18H2,1-5H3,(H,38,47)(H,40,46)(H,41,45). The molecule has 1 aromatic heterocycles. The molecule has 2 fully saturated rings. The molecular weight excluding hydrogens is 636 g/mol. The van der Waals surface area contributed by atoms with Crippen molar-refractivity contribution in [2.24, 2.45) is 17.8 Å². The van der Waals surface area contributed by atoms with E-state index >= 15 is 4.39 Å². The molecule has 2 aliphatic rings. The van der Waals surface area contributed by atoms with Crippen molar-refractivity contribution >= 4 is 29.5 Å². The summed E-state index contributed by atoms with van der Waals surface area (Å²) >= 11 is 0. The molecule has 15 heteroatoms. The summed E-state index contributed by atoms with van der Waals surface area (Å²) in [6.45, 7) is 6.32. The van der Waals surface area contributed by atoms with Crippen LogP contribution >= 0.6 is 0 Å². The highest BCUT2D eigenvalue weighted by Crippen LogP contribution is 2.51. The van der Waals surface area contributed by atoms with Gasteiger partial charge in [0.15, 0.2) is 0 Å². The molecule has 0 radical (unpaired) electrons. The molecule has 0 saturated heterocycles. The zero-order valence-electron chi connectivity index (χ0n) is 27.8. The zero-order valence-corrected chi connectivity index (χ0v) is 27.8. The van der Waals surface area contributed by atoms with Gasteiger partial charge in [0.2, 0.25) is 11.8 Å². The molecule has 4 rings (SSSR count). The first-order valence-electron chi connectivity index (χ1n) is 16.2. The molecule has 2 saturated carbocycles. The molecule has 1 heterocycles. The van der Waals surface area contributed by atoms with Crippen LogP contribution in [-0.4, -0.2) is 75.9 Å². The number of alkyl halides is 3. The van der Waals surface area contributed by atoms with Crippen LogP contribution in [0.15, 0.2) is 30.5 Å². The van der Waals surface area contributed by atoms with E-state index in [0.29, 0.717) is 10.6 Å². The van der Waals surface area contributed by atoms with E-state index < -0.39 is 67.0 Å². The molecule has 11 nitrogen and oxygen atoms in total. The van der Waals surface area contributed by atoms with Crippen molar-refractivity contribution in [3.8, 4) is 0 Å². The number of hydrogen-bond acceptors (Lipinski definition) is 6. The largest absolute Gasteiger partial charge is 0.444 e. The Morgan fingerprint density at radius 2 is 1.69 bits per heavy atom. The predicted molar refractivity (Wildman–Crippen MR) is 168 cm³/mol. The van der Waals surface area contributed by atoms with Crippen LogP contribution < -0.4 is 16.0 Å². The smallest absolute Gasteiger partial charge is 0.407 e. The van der Waals surface area contributed by atoms with E-state index in [1.165, 1.54) is 18.3 Å². The van der Waals surface area contributed by atoms with Crippen LogP contribution in [0.25, 0.3) is 0 Å². The number of nitrogens with one attached hydrogen (secondary N) is 3. The maximum atomic E-state index is 15.3. The molecule has 4 amide bonds. The Morgan fingerprint density at radius 3 is 2.23 bits per heavy atom. The third-order valence-corrected chi connectivity index (χ3v) is 8.10. The number of carbonyl (C=O) groups excluding carboxylic acids is 4. The van der Waals surface area contributed by atoms with E-state index in [2.05, 4.69) is 21.0 Å². The van der Waals surface area contributed by atoms with Gasteiger partial charge in [-0.2, -0.15) is 18.3 Å². The Bertz CT molecular complexity index is 1470. The first kappa shape index (κ1) is 36.7. The lowest BCUT2D eigenvalue weighted by Crippen LogP contribution is -2.50. The van der Waals surface area contributed by atoms with Gasteiger partial charge in [-0.3, -0.25) is 19.1 Å². The van der Waals surface area contributed by atoms with Crippen LogP contribution in [0.4, 0.5) is 28.0 Å². The van der Waals surface area contributed by atoms with E-state index in [1.807, 2.05) is 13.8 Å². The molecule has 0 aliphatic heterocycles. The van der Waals surface area contributed by atoms with Gasteiger partial charge in [0.05, 0.1) is 12.1 Å². The number of rotatable bonds is 14. The molecule has 2 aliphatic carbocycles. The van der Waals surface area contributed by atoms with Crippen LogP contribution in [0.2, 0.25) is 0 Å². The second-order valence-electron chi connectivity index (χ2n) is 13.8. The highest BCUT2D eigenvalue weighted by atomic mass is 19.4. The second kappa shape index (κ2) is 14.9. The van der Waals surface area contributed by atoms with Gasteiger partial charge in [-0.05, 0) is 102 Å². The van der Waals surface area contributed by atoms with Crippen molar-refractivity contribution in [1.29, 1.82) is 0 Å². The summed E-state index contributed by atoms with van der Waals surface area (Å²) < 4.78 is 61.7. The van der Waals surface area contributed by atoms with Crippen LogP contribution in [0.5, 0.6) is 0 Å². The van der Waals surface area contributed by atoms with Gasteiger partial charge in [0.1, 0.15) is 29.7 Å². The minimum Gasteiger partial charge on any atom is -0.444 e. The highest BCUT2D eigenvalue weighted by molar-refractivity contribution is 6.01. The summed E-state index contributed by atoms with van der Waals surface area (Å²) in [5, 5.41) is 12.0. The number of carbonyl (C=O) groups is 4. The fourth-order valence-corrected chi connectivity index (χ4v) is 5.73.